The van der Waals surface area contributed by atoms with Crippen molar-refractivity contribution < 1.29 is 4.39 Å². The van der Waals surface area contributed by atoms with E-state index in [1.54, 1.807) is 0 Å². The Balaban J connectivity index is 2.70. The average Bonchev–Trinajstić information content (AvgIpc) is 2.32. The predicted molar refractivity (Wildman–Crippen MR) is 74.7 cm³/mol. The molecule has 0 fully saturated rings. The lowest BCUT2D eigenvalue weighted by molar-refractivity contribution is 0.485. The van der Waals surface area contributed by atoms with Crippen molar-refractivity contribution >= 4 is 15.9 Å². The van der Waals surface area contributed by atoms with E-state index in [2.05, 4.69) is 35.1 Å². The molecule has 0 aliphatic heterocycles. The molecule has 1 aromatic carbocycles. The molecule has 17 heavy (non-hydrogen) atoms. The molecule has 1 rings (SSSR count). The van der Waals surface area contributed by atoms with E-state index in [-0.39, 0.29) is 5.82 Å². The molecule has 1 atom stereocenters. The van der Waals surface area contributed by atoms with Crippen molar-refractivity contribution in [1.82, 2.24) is 5.32 Å². The first kappa shape index (κ1) is 14.7. The van der Waals surface area contributed by atoms with Crippen LogP contribution in [0.4, 0.5) is 4.39 Å². The van der Waals surface area contributed by atoms with Crippen LogP contribution in [0.5, 0.6) is 0 Å². The Hall–Kier alpha value is -0.410. The molecule has 1 N–H and O–H groups in total. The lowest BCUT2D eigenvalue weighted by Gasteiger charge is -2.18. The molecule has 0 aliphatic carbocycles. The fourth-order valence-electron chi connectivity index (χ4n) is 1.96. The third kappa shape index (κ3) is 4.76. The molecule has 0 heterocycles. The van der Waals surface area contributed by atoms with Gasteiger partial charge in [0.15, 0.2) is 0 Å². The van der Waals surface area contributed by atoms with Gasteiger partial charge in [-0.1, -0.05) is 39.2 Å². The van der Waals surface area contributed by atoms with Crippen molar-refractivity contribution in [3.8, 4) is 0 Å². The highest BCUT2D eigenvalue weighted by Gasteiger charge is 2.11. The summed E-state index contributed by atoms with van der Waals surface area (Å²) in [6, 6.07) is 5.63. The Kier molecular flexibility index (Phi) is 6.75. The normalized spacial score (nSPS) is 12.7. The highest BCUT2D eigenvalue weighted by Crippen LogP contribution is 2.24. The van der Waals surface area contributed by atoms with Gasteiger partial charge in [0.2, 0.25) is 0 Å². The maximum atomic E-state index is 13.2. The smallest absolute Gasteiger partial charge is 0.137 e. The van der Waals surface area contributed by atoms with E-state index in [4.69, 9.17) is 0 Å². The number of hydrogen-bond acceptors (Lipinski definition) is 1. The van der Waals surface area contributed by atoms with E-state index in [1.807, 2.05) is 12.1 Å². The van der Waals surface area contributed by atoms with Gasteiger partial charge in [0.1, 0.15) is 5.82 Å². The van der Waals surface area contributed by atoms with Crippen LogP contribution in [0.3, 0.4) is 0 Å². The molecule has 0 spiro atoms. The van der Waals surface area contributed by atoms with E-state index in [0.29, 0.717) is 10.5 Å². The van der Waals surface area contributed by atoms with Gasteiger partial charge in [-0.15, -0.1) is 0 Å². The van der Waals surface area contributed by atoms with Crippen LogP contribution in [0.25, 0.3) is 0 Å². The molecule has 1 aromatic rings. The average molecular weight is 302 g/mol. The lowest BCUT2D eigenvalue weighted by atomic mass is 10.0. The summed E-state index contributed by atoms with van der Waals surface area (Å²) in [5.74, 6) is -0.197. The fraction of sp³-hybridized carbons (Fsp3) is 0.571. The minimum atomic E-state index is -0.197. The Morgan fingerprint density at radius 3 is 2.65 bits per heavy atom. The van der Waals surface area contributed by atoms with Gasteiger partial charge in [-0.05, 0) is 46.6 Å². The number of nitrogens with one attached hydrogen (secondary N) is 1. The molecule has 1 unspecified atom stereocenters. The van der Waals surface area contributed by atoms with E-state index in [0.717, 1.165) is 18.5 Å². The van der Waals surface area contributed by atoms with Crippen molar-refractivity contribution in [2.75, 3.05) is 6.54 Å². The van der Waals surface area contributed by atoms with E-state index in [1.165, 1.54) is 25.3 Å². The van der Waals surface area contributed by atoms with Crippen LogP contribution >= 0.6 is 15.9 Å². The largest absolute Gasteiger partial charge is 0.310 e. The van der Waals surface area contributed by atoms with Gasteiger partial charge < -0.3 is 5.32 Å². The Bertz CT molecular complexity index is 341. The molecule has 3 heteroatoms. The number of rotatable bonds is 7. The van der Waals surface area contributed by atoms with Gasteiger partial charge in [-0.2, -0.15) is 0 Å². The Labute approximate surface area is 112 Å². The van der Waals surface area contributed by atoms with Crippen LogP contribution in [0.2, 0.25) is 0 Å². The molecule has 0 bridgehead atoms. The summed E-state index contributed by atoms with van der Waals surface area (Å²) in [5.41, 5.74) is 1.16. The topological polar surface area (TPSA) is 12.0 Å². The van der Waals surface area contributed by atoms with Gasteiger partial charge in [0, 0.05) is 6.04 Å². The third-order valence-corrected chi connectivity index (χ3v) is 3.50. The molecule has 0 aliphatic rings. The first-order valence-electron chi connectivity index (χ1n) is 6.37. The summed E-state index contributed by atoms with van der Waals surface area (Å²) in [7, 11) is 0. The second kappa shape index (κ2) is 7.83. The fourth-order valence-corrected chi connectivity index (χ4v) is 2.36. The maximum Gasteiger partial charge on any atom is 0.137 e. The zero-order valence-corrected chi connectivity index (χ0v) is 12.2. The summed E-state index contributed by atoms with van der Waals surface area (Å²) in [4.78, 5) is 0. The van der Waals surface area contributed by atoms with Crippen LogP contribution in [0.15, 0.2) is 22.7 Å². The maximum absolute atomic E-state index is 13.2. The van der Waals surface area contributed by atoms with Crippen molar-refractivity contribution in [3.63, 3.8) is 0 Å². The summed E-state index contributed by atoms with van der Waals surface area (Å²) >= 11 is 3.24. The summed E-state index contributed by atoms with van der Waals surface area (Å²) in [5, 5.41) is 3.46. The summed E-state index contributed by atoms with van der Waals surface area (Å²) in [6.07, 6.45) is 4.80. The van der Waals surface area contributed by atoms with Gasteiger partial charge in [0.05, 0.1) is 4.47 Å². The Morgan fingerprint density at radius 2 is 2.06 bits per heavy atom. The molecule has 0 radical (unpaired) electrons. The highest BCUT2D eigenvalue weighted by atomic mass is 79.9. The molecular weight excluding hydrogens is 281 g/mol. The summed E-state index contributed by atoms with van der Waals surface area (Å²) in [6.45, 7) is 5.24. The molecule has 0 aromatic heterocycles. The van der Waals surface area contributed by atoms with E-state index >= 15 is 0 Å². The predicted octanol–water partition coefficient (Wildman–Crippen LogP) is 4.82. The number of benzene rings is 1. The molecule has 96 valence electrons. The molecule has 0 saturated carbocycles. The second-order valence-corrected chi connectivity index (χ2v) is 5.13. The van der Waals surface area contributed by atoms with Crippen LogP contribution in [0.1, 0.15) is 51.1 Å². The van der Waals surface area contributed by atoms with E-state index < -0.39 is 0 Å². The van der Waals surface area contributed by atoms with Crippen molar-refractivity contribution in [3.05, 3.63) is 34.1 Å². The van der Waals surface area contributed by atoms with E-state index in [9.17, 15) is 4.39 Å². The number of hydrogen-bond donors (Lipinski definition) is 1. The first-order chi connectivity index (χ1) is 8.19. The van der Waals surface area contributed by atoms with Crippen molar-refractivity contribution in [2.45, 2.75) is 45.6 Å². The van der Waals surface area contributed by atoms with Crippen molar-refractivity contribution in [2.24, 2.45) is 0 Å². The monoisotopic (exact) mass is 301 g/mol. The quantitative estimate of drug-likeness (QED) is 0.712. The van der Waals surface area contributed by atoms with Crippen molar-refractivity contribution in [1.29, 1.82) is 0 Å². The van der Waals surface area contributed by atoms with Gasteiger partial charge in [0.25, 0.3) is 0 Å². The first-order valence-corrected chi connectivity index (χ1v) is 7.16. The standard InChI is InChI=1S/C14H21BrFN/c1-3-5-6-7-14(17-4-2)11-8-9-13(16)12(15)10-11/h8-10,14,17H,3-7H2,1-2H3. The summed E-state index contributed by atoms with van der Waals surface area (Å²) < 4.78 is 13.7. The Morgan fingerprint density at radius 1 is 1.29 bits per heavy atom. The van der Waals surface area contributed by atoms with Gasteiger partial charge >= 0.3 is 0 Å². The molecular formula is C14H21BrFN. The van der Waals surface area contributed by atoms with Crippen LogP contribution < -0.4 is 5.32 Å². The zero-order valence-electron chi connectivity index (χ0n) is 10.6. The van der Waals surface area contributed by atoms with Gasteiger partial charge in [-0.3, -0.25) is 0 Å². The van der Waals surface area contributed by atoms with Gasteiger partial charge in [-0.25, -0.2) is 4.39 Å². The minimum absolute atomic E-state index is 0.197. The zero-order chi connectivity index (χ0) is 12.7. The molecule has 0 amide bonds. The number of halogens is 2. The highest BCUT2D eigenvalue weighted by molar-refractivity contribution is 9.10. The minimum Gasteiger partial charge on any atom is -0.310 e. The van der Waals surface area contributed by atoms with Crippen LogP contribution in [-0.2, 0) is 0 Å². The molecule has 0 saturated heterocycles. The second-order valence-electron chi connectivity index (χ2n) is 4.28. The molecule has 1 nitrogen and oxygen atoms in total. The lowest BCUT2D eigenvalue weighted by Crippen LogP contribution is -2.20. The SMILES string of the molecule is CCCCCC(NCC)c1ccc(F)c(Br)c1. The number of unbranched alkanes of at least 4 members (excludes halogenated alkanes) is 2. The van der Waals surface area contributed by atoms with Crippen LogP contribution in [-0.4, -0.2) is 6.54 Å². The third-order valence-electron chi connectivity index (χ3n) is 2.89. The van der Waals surface area contributed by atoms with Crippen LogP contribution in [0, 0.1) is 5.82 Å².